The largest absolute Gasteiger partial charge is 0.544 e. The fourth-order valence-electron chi connectivity index (χ4n) is 5.41. The average molecular weight is 499 g/mol. The van der Waals surface area contributed by atoms with E-state index in [-0.39, 0.29) is 0 Å². The van der Waals surface area contributed by atoms with Gasteiger partial charge in [-0.3, -0.25) is 0 Å². The number of rotatable bonds is 5. The summed E-state index contributed by atoms with van der Waals surface area (Å²) in [7, 11) is -3.76. The highest BCUT2D eigenvalue weighted by molar-refractivity contribution is 6.71. The Morgan fingerprint density at radius 1 is 0.794 bits per heavy atom. The molecule has 1 spiro atoms. The lowest BCUT2D eigenvalue weighted by Crippen LogP contribution is -2.54. The fourth-order valence-corrected chi connectivity index (χ4v) is 7.07. The smallest absolute Gasteiger partial charge is 0.254 e. The highest BCUT2D eigenvalue weighted by Gasteiger charge is 2.51. The van der Waals surface area contributed by atoms with Gasteiger partial charge in [-0.05, 0) is 88.2 Å². The second-order valence-electron chi connectivity index (χ2n) is 12.4. The van der Waals surface area contributed by atoms with Crippen LogP contribution in [0.5, 0.6) is 23.0 Å². The summed E-state index contributed by atoms with van der Waals surface area (Å²) >= 11 is 0. The van der Waals surface area contributed by atoms with Crippen molar-refractivity contribution in [3.63, 3.8) is 0 Å². The van der Waals surface area contributed by atoms with Crippen molar-refractivity contribution < 1.29 is 18.3 Å². The zero-order chi connectivity index (χ0) is 24.9. The van der Waals surface area contributed by atoms with Crippen molar-refractivity contribution in [3.8, 4) is 34.1 Å². The lowest BCUT2D eigenvalue weighted by atomic mass is 9.72. The molecule has 2 aromatic carbocycles. The van der Waals surface area contributed by atoms with Gasteiger partial charge in [0.15, 0.2) is 0 Å². The molecule has 0 aromatic heterocycles. The van der Waals surface area contributed by atoms with Gasteiger partial charge >= 0.3 is 0 Å². The minimum absolute atomic E-state index is 0.297. The van der Waals surface area contributed by atoms with Crippen molar-refractivity contribution >= 4 is 16.6 Å². The van der Waals surface area contributed by atoms with Gasteiger partial charge in [-0.15, -0.1) is 0 Å². The molecule has 0 amide bonds. The molecule has 0 saturated heterocycles. The van der Waals surface area contributed by atoms with Crippen molar-refractivity contribution in [2.45, 2.75) is 85.1 Å². The summed E-state index contributed by atoms with van der Waals surface area (Å²) in [6.07, 6.45) is 3.17. The topological polar surface area (TPSA) is 36.9 Å². The van der Waals surface area contributed by atoms with E-state index in [4.69, 9.17) is 18.3 Å². The Bertz CT molecular complexity index is 968. The van der Waals surface area contributed by atoms with Crippen LogP contribution in [-0.4, -0.2) is 22.4 Å². The Balaban J connectivity index is 1.99. The zero-order valence-electron chi connectivity index (χ0n) is 22.5. The van der Waals surface area contributed by atoms with Crippen LogP contribution in [0.3, 0.4) is 0 Å². The molecule has 2 atom stereocenters. The van der Waals surface area contributed by atoms with Gasteiger partial charge in [-0.1, -0.05) is 32.9 Å². The molecule has 186 valence electrons. The molecule has 1 aliphatic carbocycles. The van der Waals surface area contributed by atoms with Gasteiger partial charge in [0.25, 0.3) is 5.79 Å². The Morgan fingerprint density at radius 2 is 1.26 bits per heavy atom. The summed E-state index contributed by atoms with van der Waals surface area (Å²) in [6, 6.07) is 12.4. The SMILES string of the molecule is CC(C)[C@@H]1CC[C@@H](C)CC12Oc1cccc(O[Si](C)(C)C)c1-c1c(cccc1O[Si](C)(C)C)O2. The zero-order valence-corrected chi connectivity index (χ0v) is 24.5. The molecule has 0 unspecified atom stereocenters. The molecule has 6 heteroatoms. The molecule has 1 saturated carbocycles. The summed E-state index contributed by atoms with van der Waals surface area (Å²) in [5.74, 6) is 3.95. The summed E-state index contributed by atoms with van der Waals surface area (Å²) in [5.41, 5.74) is 1.93. The number of hydrogen-bond acceptors (Lipinski definition) is 4. The molecule has 4 nitrogen and oxygen atoms in total. The number of benzene rings is 2. The molecule has 2 aromatic rings. The van der Waals surface area contributed by atoms with Gasteiger partial charge in [0, 0.05) is 12.3 Å². The van der Waals surface area contributed by atoms with Crippen LogP contribution < -0.4 is 18.3 Å². The maximum atomic E-state index is 7.02. The normalized spacial score (nSPS) is 21.7. The van der Waals surface area contributed by atoms with Gasteiger partial charge in [0.05, 0.1) is 11.1 Å². The number of fused-ring (bicyclic) bond motifs is 3. The van der Waals surface area contributed by atoms with Crippen molar-refractivity contribution in [2.75, 3.05) is 0 Å². The first kappa shape index (κ1) is 25.2. The Morgan fingerprint density at radius 3 is 1.68 bits per heavy atom. The Kier molecular flexibility index (Phi) is 6.62. The van der Waals surface area contributed by atoms with Crippen molar-refractivity contribution in [1.82, 2.24) is 0 Å². The van der Waals surface area contributed by atoms with E-state index in [2.05, 4.69) is 84.3 Å². The second kappa shape index (κ2) is 8.94. The third-order valence-electron chi connectivity index (χ3n) is 6.60. The van der Waals surface area contributed by atoms with Crippen LogP contribution in [0.25, 0.3) is 11.1 Å². The number of ether oxygens (including phenoxy) is 2. The standard InChI is InChI=1S/C28H42O4Si2/c1-19(2)21-17-16-20(3)18-28(21)29-22-12-10-14-24(31-33(4,5)6)26(22)27-23(30-28)13-11-15-25(27)32-34(7,8)9/h10-15,19-21H,16-18H2,1-9H3/t20-,21+/m1/s1. The molecule has 0 radical (unpaired) electrons. The molecule has 0 N–H and O–H groups in total. The van der Waals surface area contributed by atoms with Crippen molar-refractivity contribution in [1.29, 1.82) is 0 Å². The van der Waals surface area contributed by atoms with Gasteiger partial charge in [-0.2, -0.15) is 0 Å². The molecule has 1 heterocycles. The second-order valence-corrected chi connectivity index (χ2v) is 21.3. The van der Waals surface area contributed by atoms with Crippen LogP contribution in [0.1, 0.15) is 40.0 Å². The van der Waals surface area contributed by atoms with E-state index in [1.54, 1.807) is 0 Å². The third kappa shape index (κ3) is 5.18. The molecular weight excluding hydrogens is 456 g/mol. The monoisotopic (exact) mass is 498 g/mol. The minimum Gasteiger partial charge on any atom is -0.544 e. The molecule has 1 fully saturated rings. The predicted molar refractivity (Wildman–Crippen MR) is 145 cm³/mol. The predicted octanol–water partition coefficient (Wildman–Crippen LogP) is 8.34. The quantitative estimate of drug-likeness (QED) is 0.388. The summed E-state index contributed by atoms with van der Waals surface area (Å²) in [4.78, 5) is 0. The summed E-state index contributed by atoms with van der Waals surface area (Å²) in [5, 5.41) is 0. The van der Waals surface area contributed by atoms with Crippen LogP contribution in [0.4, 0.5) is 0 Å². The van der Waals surface area contributed by atoms with Gasteiger partial charge in [0.1, 0.15) is 23.0 Å². The third-order valence-corrected chi connectivity index (χ3v) is 8.26. The summed E-state index contributed by atoms with van der Waals surface area (Å²) < 4.78 is 27.3. The maximum Gasteiger partial charge on any atom is 0.254 e. The molecule has 1 aliphatic heterocycles. The van der Waals surface area contributed by atoms with E-state index in [0.29, 0.717) is 17.8 Å². The van der Waals surface area contributed by atoms with Gasteiger partial charge < -0.3 is 18.3 Å². The first-order valence-corrected chi connectivity index (χ1v) is 19.6. The highest BCUT2D eigenvalue weighted by Crippen LogP contribution is 2.55. The molecule has 34 heavy (non-hydrogen) atoms. The Labute approximate surface area is 208 Å². The van der Waals surface area contributed by atoms with Crippen LogP contribution in [-0.2, 0) is 0 Å². The first-order chi connectivity index (χ1) is 15.8. The minimum atomic E-state index is -1.88. The van der Waals surface area contributed by atoms with Crippen LogP contribution in [0.15, 0.2) is 36.4 Å². The van der Waals surface area contributed by atoms with Crippen LogP contribution in [0, 0.1) is 17.8 Å². The lowest BCUT2D eigenvalue weighted by Gasteiger charge is -2.46. The first-order valence-electron chi connectivity index (χ1n) is 12.8. The van der Waals surface area contributed by atoms with E-state index in [1.165, 1.54) is 6.42 Å². The lowest BCUT2D eigenvalue weighted by molar-refractivity contribution is -0.194. The highest BCUT2D eigenvalue weighted by atomic mass is 28.4. The van der Waals surface area contributed by atoms with E-state index in [0.717, 1.165) is 47.0 Å². The van der Waals surface area contributed by atoms with E-state index < -0.39 is 22.4 Å². The van der Waals surface area contributed by atoms with E-state index >= 15 is 0 Å². The van der Waals surface area contributed by atoms with Crippen LogP contribution in [0.2, 0.25) is 39.3 Å². The molecule has 2 aliphatic rings. The molecule has 4 rings (SSSR count). The van der Waals surface area contributed by atoms with Gasteiger partial charge in [0.2, 0.25) is 16.6 Å². The van der Waals surface area contributed by atoms with Crippen molar-refractivity contribution in [3.05, 3.63) is 36.4 Å². The summed E-state index contributed by atoms with van der Waals surface area (Å²) in [6.45, 7) is 20.2. The molecule has 0 bridgehead atoms. The fraction of sp³-hybridized carbons (Fsp3) is 0.571. The maximum absolute atomic E-state index is 7.02. The molecular formula is C28H42O4Si2. The van der Waals surface area contributed by atoms with Gasteiger partial charge in [-0.25, -0.2) is 0 Å². The number of hydrogen-bond donors (Lipinski definition) is 0. The van der Waals surface area contributed by atoms with Crippen molar-refractivity contribution in [2.24, 2.45) is 17.8 Å². The Hall–Kier alpha value is -1.93. The average Bonchev–Trinajstić information content (AvgIpc) is 2.80. The van der Waals surface area contributed by atoms with E-state index in [9.17, 15) is 0 Å². The van der Waals surface area contributed by atoms with Crippen LogP contribution >= 0.6 is 0 Å². The van der Waals surface area contributed by atoms with E-state index in [1.807, 2.05) is 12.1 Å².